The summed E-state index contributed by atoms with van der Waals surface area (Å²) in [6, 6.07) is 2.92. The van der Waals surface area contributed by atoms with E-state index in [9.17, 15) is 18.4 Å². The molecule has 4 rings (SSSR count). The van der Waals surface area contributed by atoms with Gasteiger partial charge in [-0.3, -0.25) is 9.36 Å². The molecule has 0 amide bonds. The average Bonchev–Trinajstić information content (AvgIpc) is 3.30. The minimum Gasteiger partial charge on any atom is -0.376 e. The fourth-order valence-electron chi connectivity index (χ4n) is 3.45. The van der Waals surface area contributed by atoms with Crippen molar-refractivity contribution in [1.82, 2.24) is 18.7 Å². The molecule has 1 aliphatic rings. The third kappa shape index (κ3) is 2.87. The van der Waals surface area contributed by atoms with Crippen molar-refractivity contribution in [2.45, 2.75) is 39.0 Å². The molecule has 1 aromatic carbocycles. The summed E-state index contributed by atoms with van der Waals surface area (Å²) in [5.41, 5.74) is -1.15. The van der Waals surface area contributed by atoms with Crippen LogP contribution in [-0.2, 0) is 17.8 Å². The summed E-state index contributed by atoms with van der Waals surface area (Å²) in [5, 5.41) is 0. The van der Waals surface area contributed by atoms with Gasteiger partial charge in [0.2, 0.25) is 0 Å². The first kappa shape index (κ1) is 17.6. The molecule has 27 heavy (non-hydrogen) atoms. The van der Waals surface area contributed by atoms with E-state index in [1.54, 1.807) is 4.57 Å². The molecule has 0 saturated carbocycles. The number of benzene rings is 1. The maximum atomic E-state index is 14.4. The van der Waals surface area contributed by atoms with Gasteiger partial charge >= 0.3 is 5.69 Å². The second-order valence-electron chi connectivity index (χ2n) is 6.47. The molecule has 0 spiro atoms. The molecule has 0 bridgehead atoms. The molecule has 0 N–H and O–H groups in total. The second kappa shape index (κ2) is 6.73. The first-order chi connectivity index (χ1) is 13.0. The molecule has 0 aliphatic carbocycles. The zero-order chi connectivity index (χ0) is 19.1. The molecule has 1 aliphatic heterocycles. The highest BCUT2D eigenvalue weighted by Gasteiger charge is 2.24. The van der Waals surface area contributed by atoms with Crippen LogP contribution < -0.4 is 11.2 Å². The number of halogens is 2. The van der Waals surface area contributed by atoms with Crippen molar-refractivity contribution in [3.8, 4) is 5.69 Å². The lowest BCUT2D eigenvalue weighted by Gasteiger charge is -2.15. The number of rotatable bonds is 4. The molecule has 3 heterocycles. The Bertz CT molecular complexity index is 1130. The third-order valence-corrected chi connectivity index (χ3v) is 4.80. The highest BCUT2D eigenvalue weighted by Crippen LogP contribution is 2.18. The van der Waals surface area contributed by atoms with Gasteiger partial charge in [-0.15, -0.1) is 0 Å². The van der Waals surface area contributed by atoms with E-state index in [0.717, 1.165) is 34.1 Å². The molecular formula is C18H18F2N4O3. The molecule has 0 radical (unpaired) electrons. The Hall–Kier alpha value is -2.81. The average molecular weight is 376 g/mol. The first-order valence-electron chi connectivity index (χ1n) is 8.79. The summed E-state index contributed by atoms with van der Waals surface area (Å²) in [6.07, 6.45) is 2.77. The van der Waals surface area contributed by atoms with E-state index in [-0.39, 0.29) is 29.5 Å². The second-order valence-corrected chi connectivity index (χ2v) is 6.47. The molecule has 9 heteroatoms. The Kier molecular flexibility index (Phi) is 4.39. The number of hydrogen-bond acceptors (Lipinski definition) is 4. The number of aryl methyl sites for hydroxylation is 1. The molecular weight excluding hydrogens is 358 g/mol. The van der Waals surface area contributed by atoms with Crippen LogP contribution in [0.3, 0.4) is 0 Å². The Balaban J connectivity index is 2.03. The normalized spacial score (nSPS) is 17.1. The first-order valence-corrected chi connectivity index (χ1v) is 8.79. The Morgan fingerprint density at radius 3 is 2.78 bits per heavy atom. The van der Waals surface area contributed by atoms with Crippen LogP contribution >= 0.6 is 0 Å². The largest absolute Gasteiger partial charge is 0.376 e. The minimum absolute atomic E-state index is 0.0425. The van der Waals surface area contributed by atoms with Crippen LogP contribution in [0.1, 0.15) is 19.8 Å². The summed E-state index contributed by atoms with van der Waals surface area (Å²) >= 11 is 0. The summed E-state index contributed by atoms with van der Waals surface area (Å²) in [7, 11) is 0. The standard InChI is InChI=1S/C18H18F2N4O3/c1-2-22-10-21-16-15(22)17(25)23(9-12-4-3-7-27-12)18(26)24(16)14-6-5-11(19)8-13(14)20/h5-6,8,10,12H,2-4,7,9H2,1H3. The van der Waals surface area contributed by atoms with Crippen LogP contribution in [0.5, 0.6) is 0 Å². The van der Waals surface area contributed by atoms with E-state index in [4.69, 9.17) is 4.74 Å². The quantitative estimate of drug-likeness (QED) is 0.697. The van der Waals surface area contributed by atoms with Crippen molar-refractivity contribution >= 4 is 11.2 Å². The highest BCUT2D eigenvalue weighted by molar-refractivity contribution is 5.72. The molecule has 1 fully saturated rings. The zero-order valence-electron chi connectivity index (χ0n) is 14.7. The smallest absolute Gasteiger partial charge is 0.337 e. The lowest BCUT2D eigenvalue weighted by Crippen LogP contribution is -2.42. The van der Waals surface area contributed by atoms with E-state index in [1.807, 2.05) is 6.92 Å². The lowest BCUT2D eigenvalue weighted by atomic mass is 10.2. The van der Waals surface area contributed by atoms with E-state index in [0.29, 0.717) is 19.2 Å². The number of imidazole rings is 1. The van der Waals surface area contributed by atoms with E-state index < -0.39 is 22.9 Å². The predicted molar refractivity (Wildman–Crippen MR) is 94.2 cm³/mol. The summed E-state index contributed by atoms with van der Waals surface area (Å²) < 4.78 is 37.0. The van der Waals surface area contributed by atoms with Gasteiger partial charge in [-0.2, -0.15) is 0 Å². The lowest BCUT2D eigenvalue weighted by molar-refractivity contribution is 0.0950. The Morgan fingerprint density at radius 1 is 1.30 bits per heavy atom. The van der Waals surface area contributed by atoms with Gasteiger partial charge in [-0.25, -0.2) is 23.1 Å². The van der Waals surface area contributed by atoms with E-state index in [1.165, 1.54) is 6.33 Å². The summed E-state index contributed by atoms with van der Waals surface area (Å²) in [6.45, 7) is 2.94. The number of nitrogens with zero attached hydrogens (tertiary/aromatic N) is 4. The number of aromatic nitrogens is 4. The SMILES string of the molecule is CCn1cnc2c1c(=O)n(CC1CCCO1)c(=O)n2-c1ccc(F)cc1F. The van der Waals surface area contributed by atoms with Crippen LogP contribution in [0.25, 0.3) is 16.9 Å². The van der Waals surface area contributed by atoms with Crippen molar-refractivity contribution in [1.29, 1.82) is 0 Å². The molecule has 1 saturated heterocycles. The van der Waals surface area contributed by atoms with Gasteiger partial charge in [0.05, 0.1) is 24.7 Å². The van der Waals surface area contributed by atoms with Crippen molar-refractivity contribution in [2.24, 2.45) is 0 Å². The monoisotopic (exact) mass is 376 g/mol. The van der Waals surface area contributed by atoms with Gasteiger partial charge in [0.15, 0.2) is 11.2 Å². The Labute approximate surface area is 152 Å². The van der Waals surface area contributed by atoms with Crippen molar-refractivity contribution in [3.05, 3.63) is 57.0 Å². The van der Waals surface area contributed by atoms with Gasteiger partial charge in [-0.05, 0) is 31.9 Å². The maximum Gasteiger partial charge on any atom is 0.337 e. The fraction of sp³-hybridized carbons (Fsp3) is 0.389. The third-order valence-electron chi connectivity index (χ3n) is 4.80. The summed E-state index contributed by atoms with van der Waals surface area (Å²) in [5.74, 6) is -1.67. The van der Waals surface area contributed by atoms with Gasteiger partial charge < -0.3 is 9.30 Å². The molecule has 3 aromatic rings. The molecule has 2 aromatic heterocycles. The van der Waals surface area contributed by atoms with Crippen molar-refractivity contribution < 1.29 is 13.5 Å². The van der Waals surface area contributed by atoms with Gasteiger partial charge in [0.1, 0.15) is 11.6 Å². The van der Waals surface area contributed by atoms with E-state index in [2.05, 4.69) is 4.98 Å². The summed E-state index contributed by atoms with van der Waals surface area (Å²) in [4.78, 5) is 30.2. The molecule has 1 atom stereocenters. The van der Waals surface area contributed by atoms with Gasteiger partial charge in [0.25, 0.3) is 5.56 Å². The van der Waals surface area contributed by atoms with Crippen LogP contribution in [0.2, 0.25) is 0 Å². The van der Waals surface area contributed by atoms with Crippen molar-refractivity contribution in [3.63, 3.8) is 0 Å². The highest BCUT2D eigenvalue weighted by atomic mass is 19.1. The van der Waals surface area contributed by atoms with Gasteiger partial charge in [0, 0.05) is 19.2 Å². The van der Waals surface area contributed by atoms with Crippen LogP contribution in [-0.4, -0.2) is 31.4 Å². The molecule has 1 unspecified atom stereocenters. The Morgan fingerprint density at radius 2 is 2.11 bits per heavy atom. The molecule has 7 nitrogen and oxygen atoms in total. The van der Waals surface area contributed by atoms with Gasteiger partial charge in [-0.1, -0.05) is 0 Å². The van der Waals surface area contributed by atoms with Crippen LogP contribution in [0, 0.1) is 11.6 Å². The van der Waals surface area contributed by atoms with E-state index >= 15 is 0 Å². The number of fused-ring (bicyclic) bond motifs is 1. The zero-order valence-corrected chi connectivity index (χ0v) is 14.7. The number of hydrogen-bond donors (Lipinski definition) is 0. The van der Waals surface area contributed by atoms with Crippen LogP contribution in [0.4, 0.5) is 8.78 Å². The predicted octanol–water partition coefficient (Wildman–Crippen LogP) is 1.83. The van der Waals surface area contributed by atoms with Crippen molar-refractivity contribution in [2.75, 3.05) is 6.61 Å². The number of ether oxygens (including phenoxy) is 1. The van der Waals surface area contributed by atoms with Crippen LogP contribution in [0.15, 0.2) is 34.1 Å². The topological polar surface area (TPSA) is 71.1 Å². The molecule has 142 valence electrons. The maximum absolute atomic E-state index is 14.4. The fourth-order valence-corrected chi connectivity index (χ4v) is 3.45. The minimum atomic E-state index is -0.910.